The average molecular weight is 337 g/mol. The van der Waals surface area contributed by atoms with Crippen LogP contribution in [0.2, 0.25) is 0 Å². The fourth-order valence-corrected chi connectivity index (χ4v) is 3.63. The Bertz CT molecular complexity index is 560. The van der Waals surface area contributed by atoms with Gasteiger partial charge in [0.05, 0.1) is 37.7 Å². The first-order valence-corrected chi connectivity index (χ1v) is 8.64. The molecule has 1 saturated heterocycles. The fourth-order valence-electron chi connectivity index (χ4n) is 3.63. The second kappa shape index (κ2) is 7.63. The van der Waals surface area contributed by atoms with Crippen molar-refractivity contribution in [2.75, 3.05) is 47.0 Å². The lowest BCUT2D eigenvalue weighted by molar-refractivity contribution is -0.0756. The van der Waals surface area contributed by atoms with Gasteiger partial charge in [-0.15, -0.1) is 0 Å². The Kier molecular flexibility index (Phi) is 5.53. The molecule has 0 spiro atoms. The molecule has 1 aliphatic carbocycles. The molecule has 134 valence electrons. The van der Waals surface area contributed by atoms with E-state index in [-0.39, 0.29) is 18.1 Å². The number of hydrogen-bond acceptors (Lipinski definition) is 6. The van der Waals surface area contributed by atoms with E-state index in [9.17, 15) is 4.79 Å². The zero-order valence-electron chi connectivity index (χ0n) is 14.7. The number of amides is 1. The van der Waals surface area contributed by atoms with Crippen LogP contribution in [-0.4, -0.2) is 80.0 Å². The van der Waals surface area contributed by atoms with Gasteiger partial charge in [-0.1, -0.05) is 5.16 Å². The summed E-state index contributed by atoms with van der Waals surface area (Å²) in [5, 5.41) is 3.82. The molecule has 0 N–H and O–H groups in total. The molecule has 7 heteroatoms. The molecule has 3 atom stereocenters. The summed E-state index contributed by atoms with van der Waals surface area (Å²) >= 11 is 0. The molecule has 0 radical (unpaired) electrons. The molecule has 24 heavy (non-hydrogen) atoms. The van der Waals surface area contributed by atoms with Gasteiger partial charge in [0.1, 0.15) is 11.8 Å². The van der Waals surface area contributed by atoms with Crippen LogP contribution in [0.15, 0.2) is 10.8 Å². The van der Waals surface area contributed by atoms with Crippen LogP contribution in [0.4, 0.5) is 0 Å². The Morgan fingerprint density at radius 3 is 3.00 bits per heavy atom. The third-order valence-electron chi connectivity index (χ3n) is 4.98. The molecule has 1 aliphatic heterocycles. The number of nitrogens with zero attached hydrogens (tertiary/aromatic N) is 3. The zero-order chi connectivity index (χ0) is 17.1. The summed E-state index contributed by atoms with van der Waals surface area (Å²) < 4.78 is 16.7. The zero-order valence-corrected chi connectivity index (χ0v) is 14.7. The third-order valence-corrected chi connectivity index (χ3v) is 4.98. The topological polar surface area (TPSA) is 68.0 Å². The van der Waals surface area contributed by atoms with Gasteiger partial charge in [0.2, 0.25) is 0 Å². The number of ether oxygens (including phenoxy) is 2. The number of rotatable bonds is 6. The van der Waals surface area contributed by atoms with Gasteiger partial charge >= 0.3 is 0 Å². The van der Waals surface area contributed by atoms with Crippen molar-refractivity contribution in [3.63, 3.8) is 0 Å². The third kappa shape index (κ3) is 3.63. The number of aryl methyl sites for hydroxylation is 1. The summed E-state index contributed by atoms with van der Waals surface area (Å²) in [5.74, 6) is 0.359. The molecule has 1 aromatic rings. The number of aromatic nitrogens is 1. The summed E-state index contributed by atoms with van der Waals surface area (Å²) in [6.07, 6.45) is 3.51. The number of carbonyl (C=O) groups is 1. The molecule has 7 nitrogen and oxygen atoms in total. The lowest BCUT2D eigenvalue weighted by Gasteiger charge is -2.39. The Balaban J connectivity index is 1.59. The highest BCUT2D eigenvalue weighted by molar-refractivity contribution is 5.95. The molecular weight excluding hydrogens is 310 g/mol. The van der Waals surface area contributed by atoms with E-state index >= 15 is 0 Å². The highest BCUT2D eigenvalue weighted by atomic mass is 16.5. The number of hydrogen-bond donors (Lipinski definition) is 0. The van der Waals surface area contributed by atoms with Gasteiger partial charge in [-0.2, -0.15) is 0 Å². The van der Waals surface area contributed by atoms with E-state index in [1.807, 2.05) is 19.0 Å². The second-order valence-corrected chi connectivity index (χ2v) is 6.93. The van der Waals surface area contributed by atoms with Crippen molar-refractivity contribution < 1.29 is 18.8 Å². The van der Waals surface area contributed by atoms with E-state index in [0.717, 1.165) is 26.0 Å². The van der Waals surface area contributed by atoms with Gasteiger partial charge < -0.3 is 23.8 Å². The summed E-state index contributed by atoms with van der Waals surface area (Å²) in [6, 6.07) is 0.128. The minimum atomic E-state index is 0.00114. The smallest absolute Gasteiger partial charge is 0.259 e. The predicted molar refractivity (Wildman–Crippen MR) is 87.9 cm³/mol. The van der Waals surface area contributed by atoms with Crippen molar-refractivity contribution in [1.29, 1.82) is 0 Å². The highest BCUT2D eigenvalue weighted by Crippen LogP contribution is 2.35. The van der Waals surface area contributed by atoms with Crippen LogP contribution in [-0.2, 0) is 9.47 Å². The average Bonchev–Trinajstić information content (AvgIpc) is 3.17. The maximum atomic E-state index is 12.8. The summed E-state index contributed by atoms with van der Waals surface area (Å²) in [5.41, 5.74) is 1.20. The Morgan fingerprint density at radius 2 is 2.29 bits per heavy atom. The van der Waals surface area contributed by atoms with Gasteiger partial charge in [0.15, 0.2) is 0 Å². The molecule has 2 heterocycles. The molecule has 2 fully saturated rings. The largest absolute Gasteiger partial charge is 0.380 e. The Hall–Kier alpha value is -1.44. The van der Waals surface area contributed by atoms with Crippen molar-refractivity contribution in [3.8, 4) is 0 Å². The molecule has 1 amide bonds. The molecule has 2 aliphatic rings. The van der Waals surface area contributed by atoms with Crippen LogP contribution in [0.3, 0.4) is 0 Å². The van der Waals surface area contributed by atoms with Gasteiger partial charge in [0, 0.05) is 19.0 Å². The van der Waals surface area contributed by atoms with E-state index < -0.39 is 0 Å². The first-order valence-electron chi connectivity index (χ1n) is 8.64. The Labute approximate surface area is 142 Å². The van der Waals surface area contributed by atoms with Crippen molar-refractivity contribution in [3.05, 3.63) is 17.5 Å². The molecule has 3 rings (SSSR count). The van der Waals surface area contributed by atoms with Crippen LogP contribution in [0.1, 0.15) is 28.9 Å². The van der Waals surface area contributed by atoms with Crippen LogP contribution >= 0.6 is 0 Å². The fraction of sp³-hybridized carbons (Fsp3) is 0.765. The highest BCUT2D eigenvalue weighted by Gasteiger charge is 2.44. The van der Waals surface area contributed by atoms with Gasteiger partial charge in [-0.25, -0.2) is 0 Å². The summed E-state index contributed by atoms with van der Waals surface area (Å²) in [4.78, 5) is 16.8. The first kappa shape index (κ1) is 17.4. The van der Waals surface area contributed by atoms with Crippen molar-refractivity contribution in [1.82, 2.24) is 15.0 Å². The summed E-state index contributed by atoms with van der Waals surface area (Å²) in [7, 11) is 4.07. The summed E-state index contributed by atoms with van der Waals surface area (Å²) in [6.45, 7) is 5.33. The molecular formula is C17H27N3O4. The lowest BCUT2D eigenvalue weighted by atomic mass is 10.0. The van der Waals surface area contributed by atoms with Crippen LogP contribution in [0, 0.1) is 12.8 Å². The molecule has 0 aromatic carbocycles. The number of likely N-dealkylation sites (N-methyl/N-ethyl adjacent to an activating group) is 1. The Morgan fingerprint density at radius 1 is 1.46 bits per heavy atom. The first-order chi connectivity index (χ1) is 11.6. The number of morpholine rings is 1. The van der Waals surface area contributed by atoms with Crippen molar-refractivity contribution >= 4 is 5.91 Å². The van der Waals surface area contributed by atoms with Gasteiger partial charge in [-0.3, -0.25) is 4.79 Å². The standard InChI is InChI=1S/C17H27N3O4/c1-12-14(11-24-18-12)17(21)20-7-9-23-16-13(4-5-15(16)20)10-22-8-6-19(2)3/h11,13,15-16H,4-10H2,1-3H3/t13?,15-,16-/m1/s1. The maximum absolute atomic E-state index is 12.8. The monoisotopic (exact) mass is 337 g/mol. The lowest BCUT2D eigenvalue weighted by Crippen LogP contribution is -2.53. The second-order valence-electron chi connectivity index (χ2n) is 6.93. The van der Waals surface area contributed by atoms with Gasteiger partial charge in [-0.05, 0) is 33.9 Å². The van der Waals surface area contributed by atoms with E-state index in [2.05, 4.69) is 10.1 Å². The minimum absolute atomic E-state index is 0.00114. The van der Waals surface area contributed by atoms with E-state index in [0.29, 0.717) is 36.9 Å². The predicted octanol–water partition coefficient (Wildman–Crippen LogP) is 1.18. The van der Waals surface area contributed by atoms with Crippen LogP contribution in [0.25, 0.3) is 0 Å². The van der Waals surface area contributed by atoms with Crippen molar-refractivity contribution in [2.24, 2.45) is 5.92 Å². The minimum Gasteiger partial charge on any atom is -0.380 e. The van der Waals surface area contributed by atoms with Crippen LogP contribution in [0.5, 0.6) is 0 Å². The number of fused-ring (bicyclic) bond motifs is 1. The van der Waals surface area contributed by atoms with E-state index in [1.165, 1.54) is 6.26 Å². The number of carbonyl (C=O) groups excluding carboxylic acids is 1. The SMILES string of the molecule is Cc1nocc1C(=O)N1CCO[C@@H]2C(COCCN(C)C)CC[C@H]21. The molecule has 1 aromatic heterocycles. The van der Waals surface area contributed by atoms with E-state index in [4.69, 9.17) is 14.0 Å². The van der Waals surface area contributed by atoms with Crippen LogP contribution < -0.4 is 0 Å². The van der Waals surface area contributed by atoms with E-state index in [1.54, 1.807) is 6.92 Å². The molecule has 1 saturated carbocycles. The van der Waals surface area contributed by atoms with Crippen molar-refractivity contribution in [2.45, 2.75) is 31.9 Å². The maximum Gasteiger partial charge on any atom is 0.259 e. The quantitative estimate of drug-likeness (QED) is 0.726. The normalized spacial score (nSPS) is 26.8. The van der Waals surface area contributed by atoms with Gasteiger partial charge in [0.25, 0.3) is 5.91 Å². The molecule has 1 unspecified atom stereocenters. The molecule has 0 bridgehead atoms.